The van der Waals surface area contributed by atoms with E-state index in [1.54, 1.807) is 9.58 Å². The number of fused-ring (bicyclic) bond motifs is 1. The molecule has 14 heteroatoms. The molecule has 184 valence electrons. The number of rotatable bonds is 2. The van der Waals surface area contributed by atoms with E-state index < -0.39 is 30.1 Å². The predicted octanol–water partition coefficient (Wildman–Crippen LogP) is 3.40. The lowest BCUT2D eigenvalue weighted by Gasteiger charge is -2.44. The molecule has 0 saturated carbocycles. The molecule has 1 spiro atoms. The number of halogens is 6. The fourth-order valence-corrected chi connectivity index (χ4v) is 4.85. The summed E-state index contributed by atoms with van der Waals surface area (Å²) in [5.41, 5.74) is -0.193. The molecule has 33 heavy (non-hydrogen) atoms. The molecule has 2 fully saturated rings. The first-order valence-corrected chi connectivity index (χ1v) is 10.6. The molecule has 0 bridgehead atoms. The van der Waals surface area contributed by atoms with Gasteiger partial charge in [0.2, 0.25) is 0 Å². The van der Waals surface area contributed by atoms with E-state index in [-0.39, 0.29) is 31.8 Å². The van der Waals surface area contributed by atoms with Gasteiger partial charge >= 0.3 is 18.4 Å². The van der Waals surface area contributed by atoms with Crippen LogP contribution in [-0.4, -0.2) is 81.8 Å². The maximum Gasteiger partial charge on any atom is 0.434 e. The van der Waals surface area contributed by atoms with Crippen LogP contribution in [0.5, 0.6) is 0 Å². The minimum absolute atomic E-state index is 0.116. The standard InChI is InChI=1S/C19H23F6N5O3/c20-18(21,22)15(19(23,24)25)33-16(32)28-9-4-17(5-10-28)3-1-7-29(17)14(31)12-11-27-30-8-2-6-26-13(12)30/h11,15,26H,1-10H2. The first-order chi connectivity index (χ1) is 15.4. The Morgan fingerprint density at radius 3 is 2.30 bits per heavy atom. The lowest BCUT2D eigenvalue weighted by molar-refractivity contribution is -0.308. The Morgan fingerprint density at radius 2 is 1.67 bits per heavy atom. The fraction of sp³-hybridized carbons (Fsp3) is 0.737. The Kier molecular flexibility index (Phi) is 5.89. The summed E-state index contributed by atoms with van der Waals surface area (Å²) in [6.07, 6.45) is -13.2. The van der Waals surface area contributed by atoms with Crippen LogP contribution in [-0.2, 0) is 11.3 Å². The Balaban J connectivity index is 1.43. The number of ether oxygens (including phenoxy) is 1. The van der Waals surface area contributed by atoms with E-state index in [2.05, 4.69) is 15.2 Å². The SMILES string of the molecule is O=C(OC(C(F)(F)F)C(F)(F)F)N1CCC2(CCCN2C(=O)c2cnn3c2NCCC3)CC1. The van der Waals surface area contributed by atoms with Crippen molar-refractivity contribution in [2.75, 3.05) is 31.5 Å². The van der Waals surface area contributed by atoms with Crippen molar-refractivity contribution in [2.24, 2.45) is 0 Å². The number of hydrogen-bond donors (Lipinski definition) is 1. The quantitative estimate of drug-likeness (QED) is 0.653. The van der Waals surface area contributed by atoms with Gasteiger partial charge in [-0.25, -0.2) is 9.48 Å². The lowest BCUT2D eigenvalue weighted by atomic mass is 9.84. The molecule has 3 aliphatic heterocycles. The molecule has 1 aromatic rings. The normalized spacial score (nSPS) is 20.7. The number of carbonyl (C=O) groups is 2. The summed E-state index contributed by atoms with van der Waals surface area (Å²) >= 11 is 0. The summed E-state index contributed by atoms with van der Waals surface area (Å²) < 4.78 is 81.8. The van der Waals surface area contributed by atoms with E-state index in [0.29, 0.717) is 43.9 Å². The Hall–Kier alpha value is -2.67. The second-order valence-electron chi connectivity index (χ2n) is 8.53. The van der Waals surface area contributed by atoms with Gasteiger partial charge in [0.25, 0.3) is 12.0 Å². The molecule has 1 N–H and O–H groups in total. The highest BCUT2D eigenvalue weighted by molar-refractivity contribution is 5.99. The van der Waals surface area contributed by atoms with E-state index in [0.717, 1.165) is 11.3 Å². The van der Waals surface area contributed by atoms with Crippen molar-refractivity contribution >= 4 is 17.8 Å². The van der Waals surface area contributed by atoms with Crippen LogP contribution < -0.4 is 5.32 Å². The number of carbonyl (C=O) groups excluding carboxylic acids is 2. The van der Waals surface area contributed by atoms with Gasteiger partial charge in [0.1, 0.15) is 11.4 Å². The molecule has 1 aromatic heterocycles. The third kappa shape index (κ3) is 4.43. The lowest BCUT2D eigenvalue weighted by Crippen LogP contribution is -2.56. The van der Waals surface area contributed by atoms with Gasteiger partial charge in [-0.15, -0.1) is 0 Å². The molecule has 0 atom stereocenters. The van der Waals surface area contributed by atoms with Crippen molar-refractivity contribution in [3.63, 3.8) is 0 Å². The highest BCUT2D eigenvalue weighted by Gasteiger charge is 2.60. The number of nitrogens with zero attached hydrogens (tertiary/aromatic N) is 4. The number of anilines is 1. The molecule has 8 nitrogen and oxygen atoms in total. The average molecular weight is 483 g/mol. The van der Waals surface area contributed by atoms with Gasteiger partial charge in [-0.2, -0.15) is 31.4 Å². The van der Waals surface area contributed by atoms with Crippen molar-refractivity contribution in [1.82, 2.24) is 19.6 Å². The van der Waals surface area contributed by atoms with Crippen LogP contribution in [0.25, 0.3) is 0 Å². The number of amides is 2. The molecule has 0 aliphatic carbocycles. The monoisotopic (exact) mass is 483 g/mol. The average Bonchev–Trinajstić information content (AvgIpc) is 3.35. The number of likely N-dealkylation sites (tertiary alicyclic amines) is 2. The Morgan fingerprint density at radius 1 is 1.00 bits per heavy atom. The van der Waals surface area contributed by atoms with E-state index in [1.807, 2.05) is 0 Å². The molecule has 2 saturated heterocycles. The molecular weight excluding hydrogens is 460 g/mol. The maximum absolute atomic E-state index is 13.3. The highest BCUT2D eigenvalue weighted by atomic mass is 19.4. The third-order valence-corrected chi connectivity index (χ3v) is 6.52. The van der Waals surface area contributed by atoms with Crippen LogP contribution in [0.4, 0.5) is 37.0 Å². The molecule has 4 rings (SSSR count). The smallest absolute Gasteiger partial charge is 0.426 e. The van der Waals surface area contributed by atoms with Crippen LogP contribution in [0.15, 0.2) is 6.20 Å². The number of aryl methyl sites for hydroxylation is 1. The van der Waals surface area contributed by atoms with Gasteiger partial charge in [0, 0.05) is 38.3 Å². The summed E-state index contributed by atoms with van der Waals surface area (Å²) in [6, 6.07) is 0. The minimum Gasteiger partial charge on any atom is -0.426 e. The van der Waals surface area contributed by atoms with E-state index >= 15 is 0 Å². The third-order valence-electron chi connectivity index (χ3n) is 6.52. The number of nitrogens with one attached hydrogen (secondary N) is 1. The van der Waals surface area contributed by atoms with Crippen molar-refractivity contribution in [2.45, 2.75) is 62.6 Å². The van der Waals surface area contributed by atoms with Crippen molar-refractivity contribution in [3.8, 4) is 0 Å². The van der Waals surface area contributed by atoms with Gasteiger partial charge in [-0.3, -0.25) is 4.79 Å². The second kappa shape index (κ2) is 8.28. The Labute approximate surface area is 184 Å². The summed E-state index contributed by atoms with van der Waals surface area (Å²) in [4.78, 5) is 27.9. The number of alkyl halides is 6. The number of aromatic nitrogens is 2. The molecule has 3 aliphatic rings. The van der Waals surface area contributed by atoms with Gasteiger partial charge in [-0.1, -0.05) is 0 Å². The van der Waals surface area contributed by atoms with Crippen LogP contribution in [0.2, 0.25) is 0 Å². The summed E-state index contributed by atoms with van der Waals surface area (Å²) in [5.74, 6) is 0.410. The van der Waals surface area contributed by atoms with E-state index in [9.17, 15) is 35.9 Å². The van der Waals surface area contributed by atoms with Crippen molar-refractivity contribution in [1.29, 1.82) is 0 Å². The number of piperidine rings is 1. The first-order valence-electron chi connectivity index (χ1n) is 10.6. The predicted molar refractivity (Wildman–Crippen MR) is 102 cm³/mol. The minimum atomic E-state index is -5.77. The zero-order valence-electron chi connectivity index (χ0n) is 17.5. The summed E-state index contributed by atoms with van der Waals surface area (Å²) in [5, 5.41) is 7.41. The van der Waals surface area contributed by atoms with E-state index in [1.165, 1.54) is 6.20 Å². The molecule has 2 amide bonds. The Bertz CT molecular complexity index is 893. The van der Waals surface area contributed by atoms with Crippen LogP contribution in [0, 0.1) is 0 Å². The largest absolute Gasteiger partial charge is 0.434 e. The zero-order valence-corrected chi connectivity index (χ0v) is 17.5. The molecular formula is C19H23F6N5O3. The number of hydrogen-bond acceptors (Lipinski definition) is 5. The van der Waals surface area contributed by atoms with Gasteiger partial charge in [-0.05, 0) is 32.1 Å². The first kappa shape index (κ1) is 23.5. The highest BCUT2D eigenvalue weighted by Crippen LogP contribution is 2.41. The van der Waals surface area contributed by atoms with Gasteiger partial charge in [0.05, 0.1) is 6.20 Å². The van der Waals surface area contributed by atoms with Gasteiger partial charge in [0.15, 0.2) is 0 Å². The zero-order chi connectivity index (χ0) is 24.0. The second-order valence-corrected chi connectivity index (χ2v) is 8.53. The maximum atomic E-state index is 13.3. The van der Waals surface area contributed by atoms with Crippen LogP contribution in [0.3, 0.4) is 0 Å². The summed E-state index contributed by atoms with van der Waals surface area (Å²) in [7, 11) is 0. The molecule has 4 heterocycles. The molecule has 0 unspecified atom stereocenters. The van der Waals surface area contributed by atoms with E-state index in [4.69, 9.17) is 0 Å². The van der Waals surface area contributed by atoms with Gasteiger partial charge < -0.3 is 19.9 Å². The van der Waals surface area contributed by atoms with Crippen LogP contribution in [0.1, 0.15) is 42.5 Å². The topological polar surface area (TPSA) is 79.7 Å². The van der Waals surface area contributed by atoms with Crippen molar-refractivity contribution in [3.05, 3.63) is 11.8 Å². The molecule has 0 aromatic carbocycles. The molecule has 0 radical (unpaired) electrons. The summed E-state index contributed by atoms with van der Waals surface area (Å²) in [6.45, 7) is 1.64. The van der Waals surface area contributed by atoms with Crippen LogP contribution >= 0.6 is 0 Å². The van der Waals surface area contributed by atoms with Crippen molar-refractivity contribution < 1.29 is 40.7 Å². The fourth-order valence-electron chi connectivity index (χ4n) is 4.85.